The predicted octanol–water partition coefficient (Wildman–Crippen LogP) is 1.44. The van der Waals surface area contributed by atoms with Gasteiger partial charge in [0.15, 0.2) is 5.82 Å². The summed E-state index contributed by atoms with van der Waals surface area (Å²) in [6, 6.07) is 11.7. The smallest absolute Gasteiger partial charge is 0.219 e. The molecule has 5 heteroatoms. The van der Waals surface area contributed by atoms with E-state index in [0.29, 0.717) is 24.7 Å². The zero-order chi connectivity index (χ0) is 11.4. The van der Waals surface area contributed by atoms with E-state index >= 15 is 0 Å². The molecule has 0 saturated carbocycles. The summed E-state index contributed by atoms with van der Waals surface area (Å²) >= 11 is 0. The summed E-state index contributed by atoms with van der Waals surface area (Å²) in [6.45, 7) is 0.474. The van der Waals surface area contributed by atoms with E-state index in [1.54, 1.807) is 4.68 Å². The van der Waals surface area contributed by atoms with Crippen LogP contribution >= 0.6 is 0 Å². The molecule has 0 aliphatic heterocycles. The first-order valence-corrected chi connectivity index (χ1v) is 4.94. The number of aromatic nitrogens is 3. The van der Waals surface area contributed by atoms with E-state index in [0.717, 1.165) is 5.56 Å². The number of anilines is 1. The Labute approximate surface area is 93.1 Å². The summed E-state index contributed by atoms with van der Waals surface area (Å²) in [5.41, 5.74) is 6.62. The summed E-state index contributed by atoms with van der Waals surface area (Å²) < 4.78 is 1.55. The molecule has 0 unspecified atom stereocenters. The van der Waals surface area contributed by atoms with E-state index < -0.39 is 0 Å². The third-order valence-electron chi connectivity index (χ3n) is 2.17. The fourth-order valence-corrected chi connectivity index (χ4v) is 1.38. The minimum absolute atomic E-state index is 0.342. The van der Waals surface area contributed by atoms with Gasteiger partial charge < -0.3 is 5.73 Å². The van der Waals surface area contributed by atoms with Gasteiger partial charge in [0.25, 0.3) is 0 Å². The number of nitriles is 1. The molecule has 0 radical (unpaired) electrons. The summed E-state index contributed by atoms with van der Waals surface area (Å²) in [5, 5.41) is 12.7. The van der Waals surface area contributed by atoms with Crippen molar-refractivity contribution in [3.05, 3.63) is 30.3 Å². The number of hydrogen-bond acceptors (Lipinski definition) is 4. The molecule has 2 aromatic rings. The molecule has 5 nitrogen and oxygen atoms in total. The summed E-state index contributed by atoms with van der Waals surface area (Å²) in [5.74, 6) is 0.935. The first kappa shape index (κ1) is 10.2. The van der Waals surface area contributed by atoms with Gasteiger partial charge in [-0.15, -0.1) is 5.10 Å². The number of nitrogens with two attached hydrogens (primary N) is 1. The molecule has 1 aromatic carbocycles. The second-order valence-electron chi connectivity index (χ2n) is 3.29. The number of benzene rings is 1. The van der Waals surface area contributed by atoms with Crippen LogP contribution in [-0.4, -0.2) is 14.8 Å². The molecule has 0 aliphatic rings. The Morgan fingerprint density at radius 2 is 2.06 bits per heavy atom. The van der Waals surface area contributed by atoms with Crippen LogP contribution in [0.2, 0.25) is 0 Å². The SMILES string of the molecule is N#CCCn1nc(-c2ccccc2)nc1N. The van der Waals surface area contributed by atoms with E-state index in [-0.39, 0.29) is 0 Å². The molecule has 80 valence electrons. The van der Waals surface area contributed by atoms with Crippen LogP contribution in [0.3, 0.4) is 0 Å². The van der Waals surface area contributed by atoms with Gasteiger partial charge in [-0.05, 0) is 0 Å². The molecule has 1 heterocycles. The van der Waals surface area contributed by atoms with E-state index in [2.05, 4.69) is 10.1 Å². The highest BCUT2D eigenvalue weighted by Crippen LogP contribution is 2.15. The lowest BCUT2D eigenvalue weighted by molar-refractivity contribution is 0.637. The highest BCUT2D eigenvalue weighted by Gasteiger charge is 2.07. The van der Waals surface area contributed by atoms with Crippen molar-refractivity contribution >= 4 is 5.95 Å². The molecule has 2 N–H and O–H groups in total. The molecule has 16 heavy (non-hydrogen) atoms. The molecule has 0 atom stereocenters. The highest BCUT2D eigenvalue weighted by atomic mass is 15.4. The average Bonchev–Trinajstić information content (AvgIpc) is 2.69. The molecule has 0 fully saturated rings. The van der Waals surface area contributed by atoms with E-state index in [9.17, 15) is 0 Å². The van der Waals surface area contributed by atoms with Crippen molar-refractivity contribution in [2.24, 2.45) is 0 Å². The second kappa shape index (κ2) is 4.45. The number of nitrogen functional groups attached to an aromatic ring is 1. The Balaban J connectivity index is 2.28. The maximum absolute atomic E-state index is 8.49. The van der Waals surface area contributed by atoms with Crippen molar-refractivity contribution in [2.75, 3.05) is 5.73 Å². The lowest BCUT2D eigenvalue weighted by Gasteiger charge is -1.96. The van der Waals surface area contributed by atoms with Crippen LogP contribution in [0.5, 0.6) is 0 Å². The van der Waals surface area contributed by atoms with Gasteiger partial charge in [0.1, 0.15) is 0 Å². The summed E-state index contributed by atoms with van der Waals surface area (Å²) in [4.78, 5) is 4.15. The Morgan fingerprint density at radius 3 is 2.75 bits per heavy atom. The monoisotopic (exact) mass is 213 g/mol. The number of hydrogen-bond donors (Lipinski definition) is 1. The fraction of sp³-hybridized carbons (Fsp3) is 0.182. The predicted molar refractivity (Wildman–Crippen MR) is 60.1 cm³/mol. The second-order valence-corrected chi connectivity index (χ2v) is 3.29. The van der Waals surface area contributed by atoms with Crippen molar-refractivity contribution in [1.29, 1.82) is 5.26 Å². The zero-order valence-electron chi connectivity index (χ0n) is 8.67. The third kappa shape index (κ3) is 2.01. The van der Waals surface area contributed by atoms with Crippen molar-refractivity contribution in [1.82, 2.24) is 14.8 Å². The van der Waals surface area contributed by atoms with Crippen LogP contribution in [0.4, 0.5) is 5.95 Å². The van der Waals surface area contributed by atoms with Crippen molar-refractivity contribution < 1.29 is 0 Å². The Hall–Kier alpha value is -2.35. The quantitative estimate of drug-likeness (QED) is 0.836. The molecule has 0 bridgehead atoms. The van der Waals surface area contributed by atoms with Gasteiger partial charge in [0.05, 0.1) is 19.0 Å². The topological polar surface area (TPSA) is 80.5 Å². The maximum Gasteiger partial charge on any atom is 0.219 e. The van der Waals surface area contributed by atoms with Crippen LogP contribution in [0.1, 0.15) is 6.42 Å². The zero-order valence-corrected chi connectivity index (χ0v) is 8.67. The fourth-order valence-electron chi connectivity index (χ4n) is 1.38. The lowest BCUT2D eigenvalue weighted by Crippen LogP contribution is -2.04. The van der Waals surface area contributed by atoms with Crippen LogP contribution in [0.15, 0.2) is 30.3 Å². The average molecular weight is 213 g/mol. The van der Waals surface area contributed by atoms with Gasteiger partial charge in [-0.2, -0.15) is 10.2 Å². The van der Waals surface area contributed by atoms with E-state index in [4.69, 9.17) is 11.0 Å². The van der Waals surface area contributed by atoms with Gasteiger partial charge in [-0.3, -0.25) is 0 Å². The minimum Gasteiger partial charge on any atom is -0.368 e. The van der Waals surface area contributed by atoms with Gasteiger partial charge in [-0.25, -0.2) is 4.68 Å². The number of aryl methyl sites for hydroxylation is 1. The molecule has 1 aromatic heterocycles. The Bertz CT molecular complexity index is 509. The van der Waals surface area contributed by atoms with E-state index in [1.807, 2.05) is 36.4 Å². The normalized spacial score (nSPS) is 9.94. The van der Waals surface area contributed by atoms with Crippen LogP contribution in [0, 0.1) is 11.3 Å². The molecule has 0 aliphatic carbocycles. The molecule has 0 amide bonds. The van der Waals surface area contributed by atoms with E-state index in [1.165, 1.54) is 0 Å². The minimum atomic E-state index is 0.342. The number of nitrogens with zero attached hydrogens (tertiary/aromatic N) is 4. The molecular weight excluding hydrogens is 202 g/mol. The standard InChI is InChI=1S/C11H11N5/c12-7-4-8-16-11(13)14-10(15-16)9-5-2-1-3-6-9/h1-3,5-6H,4,8H2,(H2,13,14,15). The third-order valence-corrected chi connectivity index (χ3v) is 2.17. The summed E-state index contributed by atoms with van der Waals surface area (Å²) in [6.07, 6.45) is 0.377. The first-order chi connectivity index (χ1) is 7.81. The van der Waals surface area contributed by atoms with Crippen molar-refractivity contribution in [3.8, 4) is 17.5 Å². The van der Waals surface area contributed by atoms with Gasteiger partial charge in [-0.1, -0.05) is 30.3 Å². The van der Waals surface area contributed by atoms with Gasteiger partial charge in [0, 0.05) is 5.56 Å². The highest BCUT2D eigenvalue weighted by molar-refractivity contribution is 5.55. The Morgan fingerprint density at radius 1 is 1.31 bits per heavy atom. The first-order valence-electron chi connectivity index (χ1n) is 4.94. The van der Waals surface area contributed by atoms with Gasteiger partial charge >= 0.3 is 0 Å². The van der Waals surface area contributed by atoms with Crippen molar-refractivity contribution in [2.45, 2.75) is 13.0 Å². The Kier molecular flexibility index (Phi) is 2.83. The van der Waals surface area contributed by atoms with Gasteiger partial charge in [0.2, 0.25) is 5.95 Å². The molecule has 2 rings (SSSR count). The van der Waals surface area contributed by atoms with Crippen LogP contribution in [-0.2, 0) is 6.54 Å². The lowest BCUT2D eigenvalue weighted by atomic mass is 10.2. The molecule has 0 spiro atoms. The number of rotatable bonds is 3. The van der Waals surface area contributed by atoms with Crippen LogP contribution < -0.4 is 5.73 Å². The molecule has 0 saturated heterocycles. The van der Waals surface area contributed by atoms with Crippen molar-refractivity contribution in [3.63, 3.8) is 0 Å². The maximum atomic E-state index is 8.49. The summed E-state index contributed by atoms with van der Waals surface area (Å²) in [7, 11) is 0. The van der Waals surface area contributed by atoms with Crippen LogP contribution in [0.25, 0.3) is 11.4 Å². The largest absolute Gasteiger partial charge is 0.368 e. The molecular formula is C11H11N5.